The third-order valence-corrected chi connectivity index (χ3v) is 12.0. The van der Waals surface area contributed by atoms with E-state index in [-0.39, 0.29) is 42.5 Å². The molecular formula is C41H68N4O8. The highest BCUT2D eigenvalue weighted by molar-refractivity contribution is 6.04. The highest BCUT2D eigenvalue weighted by Gasteiger charge is 2.51. The molecule has 0 aromatic heterocycles. The molecule has 300 valence electrons. The number of carbonyl (C=O) groups excluding carboxylic acids is 3. The molecule has 0 unspecified atom stereocenters. The Morgan fingerprint density at radius 2 is 1.74 bits per heavy atom. The fourth-order valence-electron chi connectivity index (χ4n) is 8.72. The topological polar surface area (TPSA) is 130 Å². The Hall–Kier alpha value is -2.61. The normalized spacial score (nSPS) is 34.2. The number of benzene rings is 1. The number of nitrogens with one attached hydrogen (secondary N) is 1. The Balaban J connectivity index is 1.52. The number of ether oxygens (including phenoxy) is 4. The van der Waals surface area contributed by atoms with Gasteiger partial charge in [0.05, 0.1) is 17.8 Å². The van der Waals surface area contributed by atoms with Gasteiger partial charge in [0.15, 0.2) is 12.1 Å². The molecule has 4 rings (SSSR count). The van der Waals surface area contributed by atoms with Crippen LogP contribution in [0.5, 0.6) is 0 Å². The van der Waals surface area contributed by atoms with E-state index in [1.54, 1.807) is 27.9 Å². The Morgan fingerprint density at radius 3 is 2.34 bits per heavy atom. The number of methoxy groups -OCH3 is 1. The van der Waals surface area contributed by atoms with Crippen molar-refractivity contribution in [3.63, 3.8) is 0 Å². The van der Waals surface area contributed by atoms with Crippen LogP contribution in [0.4, 0.5) is 4.79 Å². The number of likely N-dealkylation sites (N-methyl/N-ethyl adjacent to an activating group) is 2. The van der Waals surface area contributed by atoms with Gasteiger partial charge in [-0.15, -0.1) is 0 Å². The summed E-state index contributed by atoms with van der Waals surface area (Å²) in [6, 6.07) is 9.60. The van der Waals surface area contributed by atoms with Crippen molar-refractivity contribution in [3.05, 3.63) is 35.9 Å². The number of urea groups is 1. The van der Waals surface area contributed by atoms with E-state index in [4.69, 9.17) is 18.9 Å². The highest BCUT2D eigenvalue weighted by Crippen LogP contribution is 2.38. The van der Waals surface area contributed by atoms with Crippen LogP contribution in [0.3, 0.4) is 0 Å². The molecule has 1 aromatic rings. The van der Waals surface area contributed by atoms with Crippen LogP contribution in [0.25, 0.3) is 0 Å². The van der Waals surface area contributed by atoms with E-state index in [0.717, 1.165) is 37.9 Å². The molecule has 12 heteroatoms. The van der Waals surface area contributed by atoms with Gasteiger partial charge in [-0.2, -0.15) is 0 Å². The number of hydrogen-bond acceptors (Lipinski definition) is 10. The minimum absolute atomic E-state index is 0.0477. The number of aliphatic hydroxyl groups is 1. The average molecular weight is 745 g/mol. The highest BCUT2D eigenvalue weighted by atomic mass is 16.7. The average Bonchev–Trinajstić information content (AvgIpc) is 3.14. The van der Waals surface area contributed by atoms with Crippen LogP contribution in [0.2, 0.25) is 0 Å². The summed E-state index contributed by atoms with van der Waals surface area (Å²) in [6.07, 6.45) is 0.808. The van der Waals surface area contributed by atoms with Gasteiger partial charge in [0.2, 0.25) is 0 Å². The zero-order chi connectivity index (χ0) is 39.1. The smallest absolute Gasteiger partial charge is 0.319 e. The first-order chi connectivity index (χ1) is 25.0. The predicted octanol–water partition coefficient (Wildman–Crippen LogP) is 4.72. The molecule has 53 heavy (non-hydrogen) atoms. The number of cyclic esters (lactones) is 1. The first-order valence-electron chi connectivity index (χ1n) is 19.7. The zero-order valence-corrected chi connectivity index (χ0v) is 34.0. The number of nitrogens with zero attached hydrogens (tertiary/aromatic N) is 3. The molecule has 0 radical (unpaired) electrons. The lowest BCUT2D eigenvalue weighted by molar-refractivity contribution is -0.295. The van der Waals surface area contributed by atoms with E-state index in [9.17, 15) is 19.5 Å². The standard InChI is InChI=1S/C41H68N4O8/c1-11-44-25-27(2)23-41(7,50-10)36(53-37-34(46)33(43(8)9)21-28(3)52-37)29(4)35(47)40(5,6)38(48)51-26-32(44)22-30-17-19-45(20-18-30)39(49)42-24-31-15-13-12-14-16-31/h12-16,27-30,32-34,36-37,46H,11,17-26H2,1-10H3,(H,42,49)/t27-,28-,29+,32-,33+,34-,36-,37+,41-/m1/s1. The fraction of sp³-hybridized carbons (Fsp3) is 0.780. The first kappa shape index (κ1) is 43.1. The maximum Gasteiger partial charge on any atom is 0.319 e. The molecule has 3 aliphatic heterocycles. The monoisotopic (exact) mass is 745 g/mol. The summed E-state index contributed by atoms with van der Waals surface area (Å²) in [5.74, 6) is -1.20. The molecule has 3 aliphatic rings. The molecular weight excluding hydrogens is 676 g/mol. The molecule has 2 N–H and O–H groups in total. The predicted molar refractivity (Wildman–Crippen MR) is 204 cm³/mol. The van der Waals surface area contributed by atoms with Crippen molar-refractivity contribution in [2.45, 2.75) is 129 Å². The van der Waals surface area contributed by atoms with Gasteiger partial charge in [-0.1, -0.05) is 51.1 Å². The van der Waals surface area contributed by atoms with Crippen molar-refractivity contribution >= 4 is 17.8 Å². The van der Waals surface area contributed by atoms with Gasteiger partial charge in [-0.05, 0) is 97.8 Å². The molecule has 0 spiro atoms. The fourth-order valence-corrected chi connectivity index (χ4v) is 8.72. The summed E-state index contributed by atoms with van der Waals surface area (Å²) in [5, 5.41) is 14.5. The van der Waals surface area contributed by atoms with Gasteiger partial charge < -0.3 is 39.2 Å². The third-order valence-electron chi connectivity index (χ3n) is 12.0. The molecule has 0 bridgehead atoms. The largest absolute Gasteiger partial charge is 0.463 e. The van der Waals surface area contributed by atoms with Gasteiger partial charge in [0, 0.05) is 51.3 Å². The quantitative estimate of drug-likeness (QED) is 0.271. The van der Waals surface area contributed by atoms with E-state index in [0.29, 0.717) is 38.4 Å². The van der Waals surface area contributed by atoms with Crippen molar-refractivity contribution in [2.75, 3.05) is 54.0 Å². The molecule has 12 nitrogen and oxygen atoms in total. The Kier molecular flexibility index (Phi) is 15.3. The number of aliphatic hydroxyl groups excluding tert-OH is 1. The maximum atomic E-state index is 14.4. The third kappa shape index (κ3) is 10.8. The van der Waals surface area contributed by atoms with E-state index in [1.165, 1.54) is 0 Å². The molecule has 0 saturated carbocycles. The van der Waals surface area contributed by atoms with Crippen molar-refractivity contribution < 1.29 is 38.4 Å². The number of likely N-dealkylation sites (tertiary alicyclic amines) is 1. The molecule has 3 heterocycles. The van der Waals surface area contributed by atoms with Crippen LogP contribution in [0.15, 0.2) is 30.3 Å². The number of esters is 1. The van der Waals surface area contributed by atoms with Crippen LogP contribution in [-0.2, 0) is 35.1 Å². The van der Waals surface area contributed by atoms with Gasteiger partial charge in [-0.25, -0.2) is 4.79 Å². The van der Waals surface area contributed by atoms with Crippen molar-refractivity contribution in [1.29, 1.82) is 0 Å². The summed E-state index contributed by atoms with van der Waals surface area (Å²) < 4.78 is 25.2. The molecule has 0 aliphatic carbocycles. The molecule has 9 atom stereocenters. The van der Waals surface area contributed by atoms with Crippen LogP contribution in [0.1, 0.15) is 86.1 Å². The lowest BCUT2D eigenvalue weighted by Gasteiger charge is -2.47. The number of rotatable bonds is 9. The number of carbonyl (C=O) groups is 3. The van der Waals surface area contributed by atoms with Crippen LogP contribution in [0, 0.1) is 23.2 Å². The van der Waals surface area contributed by atoms with Crippen molar-refractivity contribution in [2.24, 2.45) is 23.2 Å². The van der Waals surface area contributed by atoms with Gasteiger partial charge in [0.1, 0.15) is 18.1 Å². The minimum Gasteiger partial charge on any atom is -0.463 e. The van der Waals surface area contributed by atoms with Crippen LogP contribution in [-0.4, -0.2) is 134 Å². The van der Waals surface area contributed by atoms with Gasteiger partial charge in [-0.3, -0.25) is 14.5 Å². The summed E-state index contributed by atoms with van der Waals surface area (Å²) in [6.45, 7) is 16.7. The SMILES string of the molecule is CCN1C[C@H](C)C[C@@](C)(OC)[C@H](O[C@@H]2O[C@H](C)C[C@H](N(C)C)[C@H]2O)[C@@H](C)C(=O)C(C)(C)C(=O)OC[C@H]1CC1CCN(C(=O)NCc2ccccc2)CC1. The molecule has 2 amide bonds. The Labute approximate surface area is 318 Å². The van der Waals surface area contributed by atoms with E-state index >= 15 is 0 Å². The lowest BCUT2D eigenvalue weighted by Crippen LogP contribution is -2.59. The van der Waals surface area contributed by atoms with E-state index < -0.39 is 41.4 Å². The molecule has 3 fully saturated rings. The first-order valence-corrected chi connectivity index (χ1v) is 19.7. The second kappa shape index (κ2) is 18.8. The summed E-state index contributed by atoms with van der Waals surface area (Å²) in [7, 11) is 5.48. The summed E-state index contributed by atoms with van der Waals surface area (Å²) in [5.41, 5.74) is -1.35. The summed E-state index contributed by atoms with van der Waals surface area (Å²) in [4.78, 5) is 47.4. The number of ketones is 1. The van der Waals surface area contributed by atoms with Crippen molar-refractivity contribution in [3.8, 4) is 0 Å². The van der Waals surface area contributed by atoms with Crippen molar-refractivity contribution in [1.82, 2.24) is 20.0 Å². The number of piperidine rings is 1. The van der Waals surface area contributed by atoms with E-state index in [1.807, 2.05) is 68.1 Å². The lowest BCUT2D eigenvalue weighted by atomic mass is 9.74. The second-order valence-electron chi connectivity index (χ2n) is 16.9. The Bertz CT molecular complexity index is 1340. The van der Waals surface area contributed by atoms with E-state index in [2.05, 4.69) is 24.1 Å². The second-order valence-corrected chi connectivity index (χ2v) is 16.9. The maximum absolute atomic E-state index is 14.4. The Morgan fingerprint density at radius 1 is 1.08 bits per heavy atom. The zero-order valence-electron chi connectivity index (χ0n) is 34.0. The number of Topliss-reactive ketones (excluding diaryl/α,β-unsaturated/α-hetero) is 1. The van der Waals surface area contributed by atoms with Gasteiger partial charge in [0.25, 0.3) is 0 Å². The van der Waals surface area contributed by atoms with Crippen LogP contribution >= 0.6 is 0 Å². The summed E-state index contributed by atoms with van der Waals surface area (Å²) >= 11 is 0. The number of hydrogen-bond donors (Lipinski definition) is 2. The minimum atomic E-state index is -1.46. The van der Waals surface area contributed by atoms with Gasteiger partial charge >= 0.3 is 12.0 Å². The number of amides is 2. The molecule has 3 saturated heterocycles. The van der Waals surface area contributed by atoms with Crippen LogP contribution < -0.4 is 5.32 Å². The molecule has 1 aromatic carbocycles.